The molecule has 28 heavy (non-hydrogen) atoms. The number of carbonyl (C=O) groups is 1. The van der Waals surface area contributed by atoms with Gasteiger partial charge >= 0.3 is 0 Å². The Morgan fingerprint density at radius 3 is 2.79 bits per heavy atom. The molecule has 1 saturated carbocycles. The second-order valence-corrected chi connectivity index (χ2v) is 8.11. The van der Waals surface area contributed by atoms with E-state index in [1.165, 1.54) is 0 Å². The topological polar surface area (TPSA) is 84.7 Å². The molecule has 1 unspecified atom stereocenters. The second kappa shape index (κ2) is 9.20. The Morgan fingerprint density at radius 1 is 1.32 bits per heavy atom. The number of halogens is 2. The van der Waals surface area contributed by atoms with Gasteiger partial charge in [0.05, 0.1) is 10.7 Å². The number of benzene rings is 1. The highest BCUT2D eigenvalue weighted by Gasteiger charge is 2.30. The molecule has 1 amide bonds. The van der Waals surface area contributed by atoms with Gasteiger partial charge in [0.2, 0.25) is 5.91 Å². The average Bonchev–Trinajstić information content (AvgIpc) is 3.41. The van der Waals surface area contributed by atoms with Crippen LogP contribution in [0, 0.1) is 11.8 Å². The van der Waals surface area contributed by atoms with Gasteiger partial charge in [0.15, 0.2) is 5.82 Å². The van der Waals surface area contributed by atoms with Crippen LogP contribution in [0.25, 0.3) is 5.69 Å². The van der Waals surface area contributed by atoms with Crippen molar-refractivity contribution in [2.75, 3.05) is 18.4 Å². The quantitative estimate of drug-likeness (QED) is 0.739. The van der Waals surface area contributed by atoms with Gasteiger partial charge in [-0.05, 0) is 79.2 Å². The van der Waals surface area contributed by atoms with Crippen LogP contribution in [-0.4, -0.2) is 39.2 Å². The van der Waals surface area contributed by atoms with Gasteiger partial charge in [0.1, 0.15) is 0 Å². The lowest BCUT2D eigenvalue weighted by Gasteiger charge is -2.27. The molecule has 1 aromatic carbocycles. The van der Waals surface area contributed by atoms with Crippen molar-refractivity contribution in [1.29, 1.82) is 0 Å². The molecule has 0 radical (unpaired) electrons. The van der Waals surface area contributed by atoms with Crippen LogP contribution >= 0.6 is 24.0 Å². The molecular formula is C19H26Cl2N6O. The molecule has 2 heterocycles. The summed E-state index contributed by atoms with van der Waals surface area (Å²) in [7, 11) is 0. The molecule has 9 heteroatoms. The van der Waals surface area contributed by atoms with Gasteiger partial charge < -0.3 is 10.6 Å². The van der Waals surface area contributed by atoms with Crippen LogP contribution in [0.1, 0.15) is 50.8 Å². The van der Waals surface area contributed by atoms with Crippen molar-refractivity contribution >= 4 is 35.6 Å². The third-order valence-corrected chi connectivity index (χ3v) is 5.91. The molecule has 1 aromatic heterocycles. The van der Waals surface area contributed by atoms with Crippen molar-refractivity contribution in [3.63, 3.8) is 0 Å². The van der Waals surface area contributed by atoms with E-state index in [1.807, 2.05) is 12.1 Å². The van der Waals surface area contributed by atoms with Crippen LogP contribution in [-0.2, 0) is 4.79 Å². The van der Waals surface area contributed by atoms with E-state index in [0.29, 0.717) is 40.6 Å². The van der Waals surface area contributed by atoms with Crippen LogP contribution in [0.2, 0.25) is 5.02 Å². The van der Waals surface area contributed by atoms with Crippen LogP contribution in [0.5, 0.6) is 0 Å². The summed E-state index contributed by atoms with van der Waals surface area (Å²) < 4.78 is 1.69. The number of piperidine rings is 1. The number of hydrogen-bond acceptors (Lipinski definition) is 5. The number of tetrazole rings is 1. The molecule has 1 aliphatic heterocycles. The predicted molar refractivity (Wildman–Crippen MR) is 111 cm³/mol. The van der Waals surface area contributed by atoms with Crippen molar-refractivity contribution in [3.05, 3.63) is 29.0 Å². The van der Waals surface area contributed by atoms with E-state index < -0.39 is 0 Å². The van der Waals surface area contributed by atoms with Crippen molar-refractivity contribution in [3.8, 4) is 5.69 Å². The minimum atomic E-state index is 0. The first-order chi connectivity index (χ1) is 13.1. The maximum absolute atomic E-state index is 12.5. The normalized spacial score (nSPS) is 18.4. The van der Waals surface area contributed by atoms with Gasteiger partial charge in [-0.1, -0.05) is 18.5 Å². The van der Waals surface area contributed by atoms with E-state index in [-0.39, 0.29) is 18.3 Å². The highest BCUT2D eigenvalue weighted by molar-refractivity contribution is 6.32. The summed E-state index contributed by atoms with van der Waals surface area (Å²) in [5.74, 6) is 2.26. The number of anilines is 1. The summed E-state index contributed by atoms with van der Waals surface area (Å²) in [6, 6.07) is 5.44. The molecule has 152 valence electrons. The fourth-order valence-electron chi connectivity index (χ4n) is 3.80. The highest BCUT2D eigenvalue weighted by atomic mass is 35.5. The first-order valence-electron chi connectivity index (χ1n) is 9.70. The predicted octanol–water partition coefficient (Wildman–Crippen LogP) is 3.58. The second-order valence-electron chi connectivity index (χ2n) is 7.71. The van der Waals surface area contributed by atoms with E-state index in [9.17, 15) is 4.79 Å². The average molecular weight is 425 g/mol. The van der Waals surface area contributed by atoms with Gasteiger partial charge in [0.25, 0.3) is 0 Å². The molecule has 1 atom stereocenters. The van der Waals surface area contributed by atoms with Crippen LogP contribution < -0.4 is 10.6 Å². The van der Waals surface area contributed by atoms with E-state index in [2.05, 4.69) is 33.1 Å². The minimum Gasteiger partial charge on any atom is -0.326 e. The molecular weight excluding hydrogens is 399 g/mol. The van der Waals surface area contributed by atoms with Crippen molar-refractivity contribution in [2.45, 2.75) is 44.9 Å². The van der Waals surface area contributed by atoms with Crippen molar-refractivity contribution in [1.82, 2.24) is 25.5 Å². The molecule has 2 N–H and O–H groups in total. The first kappa shape index (κ1) is 21.0. The minimum absolute atomic E-state index is 0. The first-order valence-corrected chi connectivity index (χ1v) is 10.1. The molecule has 2 aliphatic rings. The van der Waals surface area contributed by atoms with Crippen LogP contribution in [0.3, 0.4) is 0 Å². The Kier molecular flexibility index (Phi) is 6.91. The molecule has 2 aromatic rings. The lowest BCUT2D eigenvalue weighted by molar-refractivity contribution is -0.117. The highest BCUT2D eigenvalue weighted by Crippen LogP contribution is 2.40. The largest absolute Gasteiger partial charge is 0.326 e. The number of hydrogen-bond donors (Lipinski definition) is 2. The zero-order chi connectivity index (χ0) is 18.8. The van der Waals surface area contributed by atoms with Gasteiger partial charge in [0, 0.05) is 18.0 Å². The van der Waals surface area contributed by atoms with Crippen molar-refractivity contribution < 1.29 is 4.79 Å². The zero-order valence-electron chi connectivity index (χ0n) is 15.9. The van der Waals surface area contributed by atoms with E-state index >= 15 is 0 Å². The Bertz CT molecular complexity index is 817. The molecule has 2 fully saturated rings. The summed E-state index contributed by atoms with van der Waals surface area (Å²) in [4.78, 5) is 12.5. The Labute approximate surface area is 176 Å². The fraction of sp³-hybridized carbons (Fsp3) is 0.579. The SMILES string of the molecule is CC(CC(=O)Nc1ccc(Cl)c(-n2nnnc2C2CC2)c1)C1CCNCC1.Cl. The van der Waals surface area contributed by atoms with Crippen LogP contribution in [0.4, 0.5) is 5.69 Å². The van der Waals surface area contributed by atoms with Crippen LogP contribution in [0.15, 0.2) is 18.2 Å². The number of nitrogens with one attached hydrogen (secondary N) is 2. The van der Waals surface area contributed by atoms with Crippen molar-refractivity contribution in [2.24, 2.45) is 11.8 Å². The Morgan fingerprint density at radius 2 is 2.07 bits per heavy atom. The number of carbonyl (C=O) groups excluding carboxylic acids is 1. The molecule has 0 spiro atoms. The summed E-state index contributed by atoms with van der Waals surface area (Å²) in [5.41, 5.74) is 1.42. The van der Waals surface area contributed by atoms with Gasteiger partial charge in [-0.3, -0.25) is 4.79 Å². The van der Waals surface area contributed by atoms with Gasteiger partial charge in [-0.25, -0.2) is 0 Å². The third-order valence-electron chi connectivity index (χ3n) is 5.59. The molecule has 7 nitrogen and oxygen atoms in total. The third kappa shape index (κ3) is 4.82. The number of rotatable bonds is 6. The summed E-state index contributed by atoms with van der Waals surface area (Å²) >= 11 is 6.37. The van der Waals surface area contributed by atoms with E-state index in [4.69, 9.17) is 11.6 Å². The van der Waals surface area contributed by atoms with Gasteiger partial charge in [-0.15, -0.1) is 17.5 Å². The smallest absolute Gasteiger partial charge is 0.224 e. The number of amides is 1. The number of nitrogens with zero attached hydrogens (tertiary/aromatic N) is 4. The standard InChI is InChI=1S/C19H25ClN6O.ClH/c1-12(13-6-8-21-9-7-13)10-18(27)22-15-4-5-16(20)17(11-15)26-19(14-2-3-14)23-24-25-26;/h4-5,11-14,21H,2-3,6-10H2,1H3,(H,22,27);1H. The van der Waals surface area contributed by atoms with E-state index in [0.717, 1.165) is 44.6 Å². The molecule has 1 aliphatic carbocycles. The maximum atomic E-state index is 12.5. The Hall–Kier alpha value is -1.70. The monoisotopic (exact) mass is 424 g/mol. The number of aromatic nitrogens is 4. The molecule has 1 saturated heterocycles. The van der Waals surface area contributed by atoms with E-state index in [1.54, 1.807) is 10.7 Å². The lowest BCUT2D eigenvalue weighted by Crippen LogP contribution is -2.32. The summed E-state index contributed by atoms with van der Waals surface area (Å²) in [6.07, 6.45) is 5.01. The maximum Gasteiger partial charge on any atom is 0.224 e. The molecule has 4 rings (SSSR count). The molecule has 0 bridgehead atoms. The summed E-state index contributed by atoms with van der Waals surface area (Å²) in [6.45, 7) is 4.27. The zero-order valence-corrected chi connectivity index (χ0v) is 17.5. The summed E-state index contributed by atoms with van der Waals surface area (Å²) in [5, 5.41) is 19.0. The fourth-order valence-corrected chi connectivity index (χ4v) is 4.00. The lowest BCUT2D eigenvalue weighted by atomic mass is 9.84. The van der Waals surface area contributed by atoms with Gasteiger partial charge in [-0.2, -0.15) is 4.68 Å². The Balaban J connectivity index is 0.00000225.